The van der Waals surface area contributed by atoms with Crippen molar-refractivity contribution in [1.82, 2.24) is 0 Å². The van der Waals surface area contributed by atoms with E-state index in [1.54, 1.807) is 24.3 Å². The maximum atomic E-state index is 9.78. The van der Waals surface area contributed by atoms with Crippen molar-refractivity contribution >= 4 is 12.2 Å². The normalized spacial score (nSPS) is 12.0. The zero-order valence-electron chi connectivity index (χ0n) is 15.1. The van der Waals surface area contributed by atoms with Crippen LogP contribution in [0.1, 0.15) is 56.2 Å². The Morgan fingerprint density at radius 2 is 1.48 bits per heavy atom. The van der Waals surface area contributed by atoms with Gasteiger partial charge in [0.15, 0.2) is 0 Å². The van der Waals surface area contributed by atoms with Gasteiger partial charge in [-0.05, 0) is 62.4 Å². The van der Waals surface area contributed by atoms with E-state index in [0.29, 0.717) is 5.56 Å². The van der Waals surface area contributed by atoms with Gasteiger partial charge < -0.3 is 15.3 Å². The molecule has 0 atom stereocenters. The minimum Gasteiger partial charge on any atom is -0.507 e. The molecule has 3 heteroatoms. The largest absolute Gasteiger partial charge is 0.507 e. The van der Waals surface area contributed by atoms with Crippen molar-refractivity contribution in [1.29, 1.82) is 0 Å². The zero-order valence-corrected chi connectivity index (χ0v) is 15.1. The van der Waals surface area contributed by atoms with E-state index >= 15 is 0 Å². The third-order valence-electron chi connectivity index (χ3n) is 4.24. The molecule has 2 aromatic rings. The monoisotopic (exact) mass is 340 g/mol. The Hall–Kier alpha value is -2.26. The molecule has 0 saturated carbocycles. The highest BCUT2D eigenvalue weighted by atomic mass is 16.3. The van der Waals surface area contributed by atoms with E-state index in [2.05, 4.69) is 12.1 Å². The summed E-state index contributed by atoms with van der Waals surface area (Å²) in [6.07, 6.45) is 8.77. The maximum Gasteiger partial charge on any atom is 0.126 e. The van der Waals surface area contributed by atoms with Gasteiger partial charge >= 0.3 is 0 Å². The van der Waals surface area contributed by atoms with Crippen LogP contribution in [0.25, 0.3) is 12.2 Å². The van der Waals surface area contributed by atoms with Crippen molar-refractivity contribution in [3.8, 4) is 11.5 Å². The highest BCUT2D eigenvalue weighted by Crippen LogP contribution is 2.28. The number of hydrogen-bond acceptors (Lipinski definition) is 3. The van der Waals surface area contributed by atoms with Crippen LogP contribution < -0.4 is 0 Å². The quantitative estimate of drug-likeness (QED) is 0.460. The van der Waals surface area contributed by atoms with Gasteiger partial charge in [-0.15, -0.1) is 0 Å². The third-order valence-corrected chi connectivity index (χ3v) is 4.24. The van der Waals surface area contributed by atoms with E-state index in [4.69, 9.17) is 0 Å². The maximum absolute atomic E-state index is 9.78. The summed E-state index contributed by atoms with van der Waals surface area (Å²) in [5.74, 6) is 0.137. The van der Waals surface area contributed by atoms with Crippen LogP contribution in [0.3, 0.4) is 0 Å². The summed E-state index contributed by atoms with van der Waals surface area (Å²) < 4.78 is 0. The number of unbranched alkanes of at least 4 members (excludes halogenated alkanes) is 2. The van der Waals surface area contributed by atoms with Crippen LogP contribution in [0.5, 0.6) is 11.5 Å². The molecule has 0 bridgehead atoms. The molecule has 25 heavy (non-hydrogen) atoms. The van der Waals surface area contributed by atoms with Gasteiger partial charge in [-0.2, -0.15) is 0 Å². The smallest absolute Gasteiger partial charge is 0.126 e. The van der Waals surface area contributed by atoms with Gasteiger partial charge in [-0.3, -0.25) is 0 Å². The first-order valence-electron chi connectivity index (χ1n) is 8.85. The Balaban J connectivity index is 1.85. The molecule has 134 valence electrons. The van der Waals surface area contributed by atoms with Gasteiger partial charge in [0.05, 0.1) is 11.2 Å². The van der Waals surface area contributed by atoms with E-state index in [0.717, 1.165) is 37.7 Å². The number of hydrogen-bond donors (Lipinski definition) is 3. The molecule has 3 nitrogen and oxygen atoms in total. The van der Waals surface area contributed by atoms with E-state index < -0.39 is 5.60 Å². The fourth-order valence-electron chi connectivity index (χ4n) is 2.75. The molecule has 0 aliphatic rings. The summed E-state index contributed by atoms with van der Waals surface area (Å²) in [5.41, 5.74) is 2.19. The van der Waals surface area contributed by atoms with Gasteiger partial charge in [-0.25, -0.2) is 0 Å². The minimum absolute atomic E-state index is 0.0685. The van der Waals surface area contributed by atoms with Crippen LogP contribution in [-0.4, -0.2) is 20.9 Å². The first kappa shape index (κ1) is 19.1. The first-order valence-corrected chi connectivity index (χ1v) is 8.85. The fourth-order valence-corrected chi connectivity index (χ4v) is 2.75. The van der Waals surface area contributed by atoms with Crippen LogP contribution >= 0.6 is 0 Å². The number of aromatic hydroxyl groups is 2. The van der Waals surface area contributed by atoms with Crippen molar-refractivity contribution in [2.24, 2.45) is 0 Å². The van der Waals surface area contributed by atoms with E-state index in [1.165, 1.54) is 5.56 Å². The lowest BCUT2D eigenvalue weighted by atomic mass is 9.99. The molecular formula is C22H28O3. The zero-order chi connectivity index (χ0) is 18.3. The highest BCUT2D eigenvalue weighted by molar-refractivity contribution is 5.75. The second kappa shape index (κ2) is 8.72. The predicted octanol–water partition coefficient (Wildman–Crippen LogP) is 5.14. The van der Waals surface area contributed by atoms with Gasteiger partial charge in [0.1, 0.15) is 11.5 Å². The van der Waals surface area contributed by atoms with E-state index in [9.17, 15) is 15.3 Å². The Morgan fingerprint density at radius 1 is 0.840 bits per heavy atom. The molecule has 0 spiro atoms. The average Bonchev–Trinajstić information content (AvgIpc) is 2.54. The van der Waals surface area contributed by atoms with Crippen molar-refractivity contribution < 1.29 is 15.3 Å². The minimum atomic E-state index is -0.560. The number of aliphatic hydroxyl groups is 1. The molecule has 3 N–H and O–H groups in total. The predicted molar refractivity (Wildman–Crippen MR) is 104 cm³/mol. The lowest BCUT2D eigenvalue weighted by Gasteiger charge is -2.16. The molecule has 0 saturated heterocycles. The molecule has 0 amide bonds. The van der Waals surface area contributed by atoms with Crippen molar-refractivity contribution in [2.75, 3.05) is 0 Å². The summed E-state index contributed by atoms with van der Waals surface area (Å²) in [6.45, 7) is 3.71. The summed E-state index contributed by atoms with van der Waals surface area (Å²) in [4.78, 5) is 0. The second-order valence-electron chi connectivity index (χ2n) is 7.16. The molecule has 0 fully saturated rings. The van der Waals surface area contributed by atoms with E-state index in [1.807, 2.05) is 32.1 Å². The molecule has 0 heterocycles. The van der Waals surface area contributed by atoms with Gasteiger partial charge in [0.2, 0.25) is 0 Å². The molecule has 0 aliphatic heterocycles. The molecule has 2 rings (SSSR count). The van der Waals surface area contributed by atoms with Gasteiger partial charge in [0.25, 0.3) is 0 Å². The van der Waals surface area contributed by atoms with Crippen LogP contribution in [-0.2, 0) is 6.42 Å². The molecule has 0 aliphatic carbocycles. The summed E-state index contributed by atoms with van der Waals surface area (Å²) in [7, 11) is 0. The molecule has 0 unspecified atom stereocenters. The molecule has 0 aromatic heterocycles. The summed E-state index contributed by atoms with van der Waals surface area (Å²) in [6, 6.07) is 13.0. The van der Waals surface area contributed by atoms with Crippen LogP contribution in [0.15, 0.2) is 42.5 Å². The lowest BCUT2D eigenvalue weighted by Crippen LogP contribution is -2.17. The van der Waals surface area contributed by atoms with Crippen molar-refractivity contribution in [2.45, 2.75) is 51.6 Å². The highest BCUT2D eigenvalue weighted by Gasteiger charge is 2.10. The number of aryl methyl sites for hydroxylation is 1. The third kappa shape index (κ3) is 6.63. The Labute approximate surface area is 150 Å². The van der Waals surface area contributed by atoms with Crippen LogP contribution in [0, 0.1) is 0 Å². The Bertz CT molecular complexity index is 674. The van der Waals surface area contributed by atoms with Crippen molar-refractivity contribution in [3.05, 3.63) is 59.2 Å². The molecular weight excluding hydrogens is 312 g/mol. The topological polar surface area (TPSA) is 60.7 Å². The number of rotatable bonds is 8. The van der Waals surface area contributed by atoms with Gasteiger partial charge in [-0.1, -0.05) is 49.2 Å². The summed E-state index contributed by atoms with van der Waals surface area (Å²) >= 11 is 0. The molecule has 2 aromatic carbocycles. The summed E-state index contributed by atoms with van der Waals surface area (Å²) in [5, 5.41) is 29.2. The first-order chi connectivity index (χ1) is 11.8. The van der Waals surface area contributed by atoms with Crippen LogP contribution in [0.2, 0.25) is 0 Å². The average molecular weight is 340 g/mol. The Morgan fingerprint density at radius 3 is 2.08 bits per heavy atom. The molecule has 0 radical (unpaired) electrons. The number of phenolic OH excluding ortho intramolecular Hbond substituents is 2. The number of phenols is 2. The SMILES string of the molecule is CC(C)(O)CCCCCc1ccc(C=Cc2c(O)cccc2O)cc1. The fraction of sp³-hybridized carbons (Fsp3) is 0.364. The second-order valence-corrected chi connectivity index (χ2v) is 7.16. The Kier molecular flexibility index (Phi) is 6.65. The lowest BCUT2D eigenvalue weighted by molar-refractivity contribution is 0.0681. The van der Waals surface area contributed by atoms with E-state index in [-0.39, 0.29) is 11.5 Å². The number of benzene rings is 2. The van der Waals surface area contributed by atoms with Gasteiger partial charge in [0, 0.05) is 0 Å². The van der Waals surface area contributed by atoms with Crippen LogP contribution in [0.4, 0.5) is 0 Å². The standard InChI is InChI=1S/C22H28O3/c1-22(2,25)16-5-3-4-7-17-10-12-18(13-11-17)14-15-19-20(23)8-6-9-21(19)24/h6,8-15,23-25H,3-5,7,16H2,1-2H3. The van der Waals surface area contributed by atoms with Crippen molar-refractivity contribution in [3.63, 3.8) is 0 Å².